The fourth-order valence-electron chi connectivity index (χ4n) is 1.97. The minimum Gasteiger partial charge on any atom is -0.339 e. The van der Waals surface area contributed by atoms with E-state index in [1.54, 1.807) is 0 Å². The largest absolute Gasteiger partial charge is 0.339 e. The normalized spacial score (nSPS) is 12.6. The van der Waals surface area contributed by atoms with E-state index in [-0.39, 0.29) is 6.04 Å². The predicted molar refractivity (Wildman–Crippen MR) is 75.1 cm³/mol. The Morgan fingerprint density at radius 1 is 1.42 bits per heavy atom. The van der Waals surface area contributed by atoms with E-state index in [1.807, 2.05) is 24.3 Å². The van der Waals surface area contributed by atoms with Crippen molar-refractivity contribution in [2.75, 3.05) is 0 Å². The average molecular weight is 280 g/mol. The molecule has 0 aliphatic heterocycles. The lowest BCUT2D eigenvalue weighted by molar-refractivity contribution is 0.361. The Morgan fingerprint density at radius 2 is 2.26 bits per heavy atom. The number of hydrogen-bond donors (Lipinski definition) is 1. The van der Waals surface area contributed by atoms with Gasteiger partial charge in [0, 0.05) is 23.9 Å². The molecule has 19 heavy (non-hydrogen) atoms. The van der Waals surface area contributed by atoms with E-state index in [0.29, 0.717) is 29.6 Å². The van der Waals surface area contributed by atoms with Gasteiger partial charge in [0.15, 0.2) is 5.82 Å². The molecule has 1 aromatic carbocycles. The van der Waals surface area contributed by atoms with Crippen molar-refractivity contribution < 1.29 is 4.52 Å². The Bertz CT molecular complexity index is 527. The number of rotatable bonds is 6. The third-order valence-corrected chi connectivity index (χ3v) is 3.09. The van der Waals surface area contributed by atoms with Crippen molar-refractivity contribution in [1.82, 2.24) is 10.1 Å². The van der Waals surface area contributed by atoms with Gasteiger partial charge in [-0.05, 0) is 24.1 Å². The summed E-state index contributed by atoms with van der Waals surface area (Å²) in [5.74, 6) is 1.28. The van der Waals surface area contributed by atoms with Crippen molar-refractivity contribution in [1.29, 1.82) is 0 Å². The van der Waals surface area contributed by atoms with Crippen LogP contribution in [-0.4, -0.2) is 16.2 Å². The van der Waals surface area contributed by atoms with Crippen molar-refractivity contribution in [2.45, 2.75) is 38.6 Å². The minimum absolute atomic E-state index is 0.0875. The maximum atomic E-state index is 5.95. The van der Waals surface area contributed by atoms with E-state index in [9.17, 15) is 0 Å². The number of nitrogens with two attached hydrogens (primary N) is 1. The topological polar surface area (TPSA) is 64.9 Å². The second kappa shape index (κ2) is 6.68. The smallest absolute Gasteiger partial charge is 0.228 e. The molecule has 102 valence electrons. The molecular formula is C14H18ClN3O. The highest BCUT2D eigenvalue weighted by Gasteiger charge is 2.11. The Balaban J connectivity index is 1.97. The van der Waals surface area contributed by atoms with Gasteiger partial charge in [-0.25, -0.2) is 0 Å². The highest BCUT2D eigenvalue weighted by molar-refractivity contribution is 6.30. The number of halogens is 1. The van der Waals surface area contributed by atoms with Crippen LogP contribution in [0.15, 0.2) is 28.8 Å². The summed E-state index contributed by atoms with van der Waals surface area (Å²) in [6.07, 6.45) is 3.28. The van der Waals surface area contributed by atoms with Gasteiger partial charge in [0.25, 0.3) is 0 Å². The summed E-state index contributed by atoms with van der Waals surface area (Å²) < 4.78 is 5.21. The summed E-state index contributed by atoms with van der Waals surface area (Å²) in [5.41, 5.74) is 7.02. The van der Waals surface area contributed by atoms with Crippen molar-refractivity contribution in [3.8, 4) is 0 Å². The Morgan fingerprint density at radius 3 is 3.00 bits per heavy atom. The number of hydrogen-bond acceptors (Lipinski definition) is 4. The van der Waals surface area contributed by atoms with Gasteiger partial charge in [0.1, 0.15) is 0 Å². The van der Waals surface area contributed by atoms with Crippen LogP contribution in [0.25, 0.3) is 0 Å². The quantitative estimate of drug-likeness (QED) is 0.883. The van der Waals surface area contributed by atoms with Crippen LogP contribution >= 0.6 is 11.6 Å². The van der Waals surface area contributed by atoms with E-state index in [1.165, 1.54) is 0 Å². The second-order valence-corrected chi connectivity index (χ2v) is 5.10. The summed E-state index contributed by atoms with van der Waals surface area (Å²) >= 11 is 5.94. The Hall–Kier alpha value is -1.39. The molecule has 4 nitrogen and oxygen atoms in total. The first-order chi connectivity index (χ1) is 9.17. The van der Waals surface area contributed by atoms with Gasteiger partial charge in [-0.15, -0.1) is 0 Å². The zero-order valence-electron chi connectivity index (χ0n) is 11.0. The molecule has 2 N–H and O–H groups in total. The van der Waals surface area contributed by atoms with Gasteiger partial charge < -0.3 is 10.3 Å². The first kappa shape index (κ1) is 14.0. The fourth-order valence-corrected chi connectivity index (χ4v) is 2.18. The van der Waals surface area contributed by atoms with Crippen molar-refractivity contribution >= 4 is 11.6 Å². The number of benzene rings is 1. The lowest BCUT2D eigenvalue weighted by Crippen LogP contribution is -2.22. The molecule has 1 aromatic heterocycles. The summed E-state index contributed by atoms with van der Waals surface area (Å²) in [6, 6.07) is 7.74. The summed E-state index contributed by atoms with van der Waals surface area (Å²) in [6.45, 7) is 2.11. The van der Waals surface area contributed by atoms with Crippen LogP contribution in [0.2, 0.25) is 5.02 Å². The molecule has 0 aliphatic carbocycles. The molecule has 5 heteroatoms. The van der Waals surface area contributed by atoms with Crippen LogP contribution in [0.3, 0.4) is 0 Å². The van der Waals surface area contributed by atoms with E-state index in [0.717, 1.165) is 18.4 Å². The van der Waals surface area contributed by atoms with Crippen LogP contribution in [0.4, 0.5) is 0 Å². The number of aromatic nitrogens is 2. The maximum absolute atomic E-state index is 5.95. The Kier molecular flexibility index (Phi) is 4.93. The molecule has 1 unspecified atom stereocenters. The van der Waals surface area contributed by atoms with Crippen LogP contribution in [0, 0.1) is 0 Å². The molecule has 0 fully saturated rings. The van der Waals surface area contributed by atoms with Gasteiger partial charge in [0.05, 0.1) is 0 Å². The van der Waals surface area contributed by atoms with E-state index < -0.39 is 0 Å². The van der Waals surface area contributed by atoms with Gasteiger partial charge in [-0.2, -0.15) is 4.98 Å². The average Bonchev–Trinajstić information content (AvgIpc) is 2.76. The molecule has 2 rings (SSSR count). The van der Waals surface area contributed by atoms with Crippen molar-refractivity contribution in [2.24, 2.45) is 5.73 Å². The lowest BCUT2D eigenvalue weighted by Gasteiger charge is -2.05. The SMILES string of the molecule is CCCC(N)Cc1nc(Cc2cccc(Cl)c2)no1. The van der Waals surface area contributed by atoms with E-state index in [4.69, 9.17) is 21.9 Å². The van der Waals surface area contributed by atoms with E-state index >= 15 is 0 Å². The summed E-state index contributed by atoms with van der Waals surface area (Å²) in [4.78, 5) is 4.36. The molecule has 0 spiro atoms. The van der Waals surface area contributed by atoms with Crippen molar-refractivity contribution in [3.05, 3.63) is 46.6 Å². The first-order valence-corrected chi connectivity index (χ1v) is 6.86. The molecule has 1 atom stereocenters. The molecule has 0 amide bonds. The summed E-state index contributed by atoms with van der Waals surface area (Å²) in [5, 5.41) is 4.68. The molecule has 2 aromatic rings. The predicted octanol–water partition coefficient (Wildman–Crippen LogP) is 2.98. The van der Waals surface area contributed by atoms with Crippen LogP contribution in [0.5, 0.6) is 0 Å². The van der Waals surface area contributed by atoms with Gasteiger partial charge in [-0.1, -0.05) is 42.2 Å². The third-order valence-electron chi connectivity index (χ3n) is 2.86. The zero-order chi connectivity index (χ0) is 13.7. The molecule has 0 bridgehead atoms. The highest BCUT2D eigenvalue weighted by atomic mass is 35.5. The maximum Gasteiger partial charge on any atom is 0.228 e. The monoisotopic (exact) mass is 279 g/mol. The molecule has 0 aliphatic rings. The van der Waals surface area contributed by atoms with E-state index in [2.05, 4.69) is 17.1 Å². The number of nitrogens with zero attached hydrogens (tertiary/aromatic N) is 2. The van der Waals surface area contributed by atoms with Gasteiger partial charge in [0.2, 0.25) is 5.89 Å². The molecule has 0 saturated heterocycles. The van der Waals surface area contributed by atoms with Crippen LogP contribution in [-0.2, 0) is 12.8 Å². The van der Waals surface area contributed by atoms with Gasteiger partial charge >= 0.3 is 0 Å². The minimum atomic E-state index is 0.0875. The van der Waals surface area contributed by atoms with Crippen molar-refractivity contribution in [3.63, 3.8) is 0 Å². The molecule has 1 heterocycles. The molecule has 0 saturated carbocycles. The Labute approximate surface area is 118 Å². The second-order valence-electron chi connectivity index (χ2n) is 4.66. The van der Waals surface area contributed by atoms with Crippen LogP contribution in [0.1, 0.15) is 37.0 Å². The molecule has 0 radical (unpaired) electrons. The third kappa shape index (κ3) is 4.33. The van der Waals surface area contributed by atoms with Crippen LogP contribution < -0.4 is 5.73 Å². The lowest BCUT2D eigenvalue weighted by atomic mass is 10.1. The fraction of sp³-hybridized carbons (Fsp3) is 0.429. The standard InChI is InChI=1S/C14H18ClN3O/c1-2-4-12(16)9-14-17-13(18-19-14)8-10-5-3-6-11(15)7-10/h3,5-7,12H,2,4,8-9,16H2,1H3. The zero-order valence-corrected chi connectivity index (χ0v) is 11.7. The summed E-state index contributed by atoms with van der Waals surface area (Å²) in [7, 11) is 0. The van der Waals surface area contributed by atoms with Gasteiger partial charge in [-0.3, -0.25) is 0 Å². The molecular weight excluding hydrogens is 262 g/mol. The highest BCUT2D eigenvalue weighted by Crippen LogP contribution is 2.14. The first-order valence-electron chi connectivity index (χ1n) is 6.49.